The zero-order valence-electron chi connectivity index (χ0n) is 18.2. The zero-order chi connectivity index (χ0) is 23.2. The fraction of sp³-hybridized carbons (Fsp3) is 0.192. The summed E-state index contributed by atoms with van der Waals surface area (Å²) in [4.78, 5) is 21.5. The quantitative estimate of drug-likeness (QED) is 0.377. The second kappa shape index (κ2) is 8.17. The van der Waals surface area contributed by atoms with E-state index in [-0.39, 0.29) is 11.5 Å². The fourth-order valence-corrected chi connectivity index (χ4v) is 5.01. The number of rotatable bonds is 0. The van der Waals surface area contributed by atoms with Crippen molar-refractivity contribution in [2.24, 2.45) is 0 Å². The number of fused-ring (bicyclic) bond motifs is 2. The molecule has 168 valence electrons. The predicted molar refractivity (Wildman–Crippen MR) is 129 cm³/mol. The number of hydrogen-bond donors (Lipinski definition) is 0. The minimum Gasteiger partial charge on any atom is -0.456 e. The molecule has 1 unspecified atom stereocenters. The van der Waals surface area contributed by atoms with Gasteiger partial charge in [0.2, 0.25) is 5.91 Å². The van der Waals surface area contributed by atoms with Crippen LogP contribution in [0.3, 0.4) is 0 Å². The lowest BCUT2D eigenvalue weighted by atomic mass is 10.1. The number of piperazine rings is 1. The van der Waals surface area contributed by atoms with Crippen molar-refractivity contribution in [1.82, 2.24) is 14.5 Å². The molecule has 1 atom stereocenters. The predicted octanol–water partition coefficient (Wildman–Crippen LogP) is 4.56. The molecule has 7 nitrogen and oxygen atoms in total. The lowest BCUT2D eigenvalue weighted by Gasteiger charge is -2.35. The Bertz CT molecular complexity index is 1490. The Kier molecular flexibility index (Phi) is 4.98. The monoisotopic (exact) mass is 469 g/mol. The molecule has 7 rings (SSSR count). The summed E-state index contributed by atoms with van der Waals surface area (Å²) in [6.07, 6.45) is 3.60. The first-order chi connectivity index (χ1) is 16.6. The Morgan fingerprint density at radius 2 is 1.97 bits per heavy atom. The van der Waals surface area contributed by atoms with Crippen LogP contribution in [-0.4, -0.2) is 40.0 Å². The van der Waals surface area contributed by atoms with Crippen molar-refractivity contribution in [3.63, 3.8) is 0 Å². The summed E-state index contributed by atoms with van der Waals surface area (Å²) in [6.45, 7) is 2.84. The maximum absolute atomic E-state index is 13.2. The van der Waals surface area contributed by atoms with Crippen LogP contribution in [0.25, 0.3) is 10.8 Å². The van der Waals surface area contributed by atoms with E-state index in [0.717, 1.165) is 34.3 Å². The highest BCUT2D eigenvalue weighted by molar-refractivity contribution is 6.32. The van der Waals surface area contributed by atoms with Crippen LogP contribution < -0.4 is 9.64 Å². The van der Waals surface area contributed by atoms with Gasteiger partial charge < -0.3 is 14.2 Å². The van der Waals surface area contributed by atoms with Crippen molar-refractivity contribution in [2.45, 2.75) is 13.1 Å². The van der Waals surface area contributed by atoms with Gasteiger partial charge in [-0.1, -0.05) is 29.8 Å². The number of anilines is 1. The highest BCUT2D eigenvalue weighted by Crippen LogP contribution is 2.36. The van der Waals surface area contributed by atoms with Crippen LogP contribution in [0.1, 0.15) is 16.8 Å². The number of hydrogen-bond acceptors (Lipinski definition) is 5. The van der Waals surface area contributed by atoms with E-state index >= 15 is 0 Å². The molecule has 3 aliphatic heterocycles. The Balaban J connectivity index is 1.54. The third-order valence-corrected chi connectivity index (χ3v) is 6.71. The number of carbonyl (C=O) groups is 1. The summed E-state index contributed by atoms with van der Waals surface area (Å²) in [5.74, 6) is 1.04. The van der Waals surface area contributed by atoms with Crippen LogP contribution >= 0.6 is 11.6 Å². The molecule has 34 heavy (non-hydrogen) atoms. The summed E-state index contributed by atoms with van der Waals surface area (Å²) in [5.41, 5.74) is 3.04. The van der Waals surface area contributed by atoms with Crippen molar-refractivity contribution < 1.29 is 9.53 Å². The van der Waals surface area contributed by atoms with E-state index < -0.39 is 0 Å². The third-order valence-electron chi connectivity index (χ3n) is 6.41. The SMILES string of the molecule is N#Cc1c(Cl)cc2cc1Oc1ccc3cccc(c3c1)N1CCN(CC1=O)Cc1cncn1C2. The number of nitriles is 1. The molecule has 0 saturated carbocycles. The van der Waals surface area contributed by atoms with Gasteiger partial charge in [-0.3, -0.25) is 9.69 Å². The molecule has 1 aromatic heterocycles. The van der Waals surface area contributed by atoms with Gasteiger partial charge in [0.15, 0.2) is 0 Å². The van der Waals surface area contributed by atoms with E-state index in [1.54, 1.807) is 12.4 Å². The molecule has 4 aromatic rings. The van der Waals surface area contributed by atoms with Gasteiger partial charge in [-0.15, -0.1) is 0 Å². The van der Waals surface area contributed by atoms with Gasteiger partial charge in [-0.05, 0) is 41.3 Å². The van der Waals surface area contributed by atoms with Crippen LogP contribution in [0.15, 0.2) is 61.1 Å². The number of imidazole rings is 1. The Labute approximate surface area is 201 Å². The number of aromatic nitrogens is 2. The van der Waals surface area contributed by atoms with Crippen molar-refractivity contribution in [2.75, 3.05) is 24.5 Å². The van der Waals surface area contributed by atoms with Gasteiger partial charge in [0.25, 0.3) is 0 Å². The topological polar surface area (TPSA) is 74.4 Å². The van der Waals surface area contributed by atoms with Crippen molar-refractivity contribution >= 4 is 34.0 Å². The second-order valence-corrected chi connectivity index (χ2v) is 9.00. The Morgan fingerprint density at radius 1 is 1.06 bits per heavy atom. The normalized spacial score (nSPS) is 17.5. The number of carbonyl (C=O) groups excluding carboxylic acids is 1. The van der Waals surface area contributed by atoms with Crippen LogP contribution in [0.2, 0.25) is 5.02 Å². The summed E-state index contributed by atoms with van der Waals surface area (Å²) in [6, 6.07) is 17.5. The molecule has 6 bridgehead atoms. The van der Waals surface area contributed by atoms with Gasteiger partial charge >= 0.3 is 0 Å². The molecule has 0 radical (unpaired) electrons. The first-order valence-electron chi connectivity index (χ1n) is 11.0. The summed E-state index contributed by atoms with van der Waals surface area (Å²) >= 11 is 6.48. The number of ether oxygens (including phenoxy) is 1. The van der Waals surface area contributed by atoms with Gasteiger partial charge in [0, 0.05) is 37.8 Å². The van der Waals surface area contributed by atoms with Gasteiger partial charge in [0.05, 0.1) is 29.3 Å². The maximum atomic E-state index is 13.2. The summed E-state index contributed by atoms with van der Waals surface area (Å²) < 4.78 is 8.25. The average molecular weight is 470 g/mol. The molecule has 4 heterocycles. The van der Waals surface area contributed by atoms with E-state index in [1.807, 2.05) is 58.1 Å². The van der Waals surface area contributed by atoms with E-state index in [1.165, 1.54) is 0 Å². The molecular weight excluding hydrogens is 450 g/mol. The molecule has 1 fully saturated rings. The first kappa shape index (κ1) is 20.7. The van der Waals surface area contributed by atoms with Crippen LogP contribution in [0.4, 0.5) is 5.69 Å². The number of amides is 1. The van der Waals surface area contributed by atoms with Gasteiger partial charge in [0.1, 0.15) is 23.1 Å². The van der Waals surface area contributed by atoms with Crippen molar-refractivity contribution in [1.29, 1.82) is 5.26 Å². The summed E-state index contributed by atoms with van der Waals surface area (Å²) in [7, 11) is 0. The molecule has 1 amide bonds. The minimum absolute atomic E-state index is 0.0620. The number of halogens is 1. The molecule has 3 aromatic carbocycles. The van der Waals surface area contributed by atoms with Crippen LogP contribution in [0, 0.1) is 11.3 Å². The third kappa shape index (κ3) is 3.58. The molecule has 0 spiro atoms. The average Bonchev–Trinajstić information content (AvgIpc) is 3.24. The van der Waals surface area contributed by atoms with Gasteiger partial charge in [-0.25, -0.2) is 4.98 Å². The zero-order valence-corrected chi connectivity index (χ0v) is 19.0. The van der Waals surface area contributed by atoms with Crippen LogP contribution in [0.5, 0.6) is 11.5 Å². The lowest BCUT2D eigenvalue weighted by molar-refractivity contribution is -0.121. The van der Waals surface area contributed by atoms with E-state index in [4.69, 9.17) is 16.3 Å². The summed E-state index contributed by atoms with van der Waals surface area (Å²) in [5, 5.41) is 12.0. The highest BCUT2D eigenvalue weighted by Gasteiger charge is 2.27. The lowest BCUT2D eigenvalue weighted by Crippen LogP contribution is -2.50. The van der Waals surface area contributed by atoms with Gasteiger partial charge in [-0.2, -0.15) is 5.26 Å². The largest absolute Gasteiger partial charge is 0.456 e. The van der Waals surface area contributed by atoms with E-state index in [0.29, 0.717) is 42.7 Å². The van der Waals surface area contributed by atoms with E-state index in [9.17, 15) is 10.1 Å². The van der Waals surface area contributed by atoms with Crippen molar-refractivity contribution in [3.05, 3.63) is 82.9 Å². The number of nitrogens with zero attached hydrogens (tertiary/aromatic N) is 5. The first-order valence-corrected chi connectivity index (χ1v) is 11.4. The standard InChI is InChI=1S/C26H20ClN5O2/c27-23-8-17-9-25(22(23)11-28)34-20-5-4-18-2-1-3-24(21(18)10-20)32-7-6-30(15-26(32)33)14-19-12-29-16-31(19)13-17/h1-5,8-10,12,16H,6-7,13-15H2. The van der Waals surface area contributed by atoms with E-state index in [2.05, 4.69) is 16.0 Å². The molecule has 0 N–H and O–H groups in total. The number of benzene rings is 3. The highest BCUT2D eigenvalue weighted by atomic mass is 35.5. The second-order valence-electron chi connectivity index (χ2n) is 8.59. The molecule has 3 aliphatic rings. The molecule has 8 heteroatoms. The maximum Gasteiger partial charge on any atom is 0.241 e. The molecular formula is C26H20ClN5O2. The van der Waals surface area contributed by atoms with Crippen molar-refractivity contribution in [3.8, 4) is 17.6 Å². The minimum atomic E-state index is 0.0620. The molecule has 0 aliphatic carbocycles. The molecule has 1 saturated heterocycles. The van der Waals surface area contributed by atoms with Crippen LogP contribution in [-0.2, 0) is 17.9 Å². The fourth-order valence-electron chi connectivity index (χ4n) is 4.74. The Hall–Kier alpha value is -3.86. The smallest absolute Gasteiger partial charge is 0.241 e. The Morgan fingerprint density at radius 3 is 2.82 bits per heavy atom.